The maximum atomic E-state index is 10.4. The third kappa shape index (κ3) is 5.46. The summed E-state index contributed by atoms with van der Waals surface area (Å²) in [6, 6.07) is 10.1. The number of hydrogen-bond acceptors (Lipinski definition) is 5. The van der Waals surface area contributed by atoms with Crippen LogP contribution >= 0.6 is 0 Å². The molecule has 5 N–H and O–H groups in total. The Morgan fingerprint density at radius 1 is 0.960 bits per heavy atom. The van der Waals surface area contributed by atoms with Gasteiger partial charge in [0.15, 0.2) is 0 Å². The summed E-state index contributed by atoms with van der Waals surface area (Å²) in [4.78, 5) is 0. The van der Waals surface area contributed by atoms with Gasteiger partial charge in [-0.25, -0.2) is 0 Å². The van der Waals surface area contributed by atoms with Crippen molar-refractivity contribution in [2.45, 2.75) is 45.4 Å². The fraction of sp³-hybridized carbons (Fsp3) is 0.400. The van der Waals surface area contributed by atoms with Crippen molar-refractivity contribution in [3.63, 3.8) is 0 Å². The first-order chi connectivity index (χ1) is 11.7. The molecule has 1 atom stereocenters. The van der Waals surface area contributed by atoms with Gasteiger partial charge >= 0.3 is 0 Å². The number of aliphatic hydroxyl groups is 2. The number of phenolic OH excluding ortho intramolecular Hbond substituents is 1. The topological polar surface area (TPSA) is 93.0 Å². The standard InChI is InChI=1S/C20H27NO4/c1-20(2,3)21-11-19(25)14-5-7-17(23)15(10-14)8-13-4-6-18(24)16(9-13)12-22/h4-7,9-10,19,21-25H,8,11-12H2,1-3H3. The summed E-state index contributed by atoms with van der Waals surface area (Å²) in [6.07, 6.45) is -0.238. The minimum absolute atomic E-state index is 0.0490. The van der Waals surface area contributed by atoms with E-state index in [1.54, 1.807) is 30.3 Å². The summed E-state index contributed by atoms with van der Waals surface area (Å²) in [5.41, 5.74) is 2.62. The SMILES string of the molecule is CC(C)(C)NCC(O)c1ccc(O)c(Cc2ccc(O)c(CO)c2)c1. The molecule has 0 aliphatic carbocycles. The summed E-state index contributed by atoms with van der Waals surface area (Å²) in [7, 11) is 0. The predicted octanol–water partition coefficient (Wildman–Crippen LogP) is 2.60. The maximum Gasteiger partial charge on any atom is 0.121 e. The number of nitrogens with one attached hydrogen (secondary N) is 1. The molecule has 0 saturated carbocycles. The minimum Gasteiger partial charge on any atom is -0.508 e. The maximum absolute atomic E-state index is 10.4. The van der Waals surface area contributed by atoms with E-state index in [9.17, 15) is 20.4 Å². The van der Waals surface area contributed by atoms with Crippen molar-refractivity contribution >= 4 is 0 Å². The second-order valence-corrected chi connectivity index (χ2v) is 7.33. The van der Waals surface area contributed by atoms with E-state index in [2.05, 4.69) is 5.32 Å². The molecule has 0 aliphatic heterocycles. The normalized spacial score (nSPS) is 13.0. The van der Waals surface area contributed by atoms with Crippen LogP contribution in [-0.2, 0) is 13.0 Å². The van der Waals surface area contributed by atoms with Gasteiger partial charge in [0.1, 0.15) is 11.5 Å². The van der Waals surface area contributed by atoms with E-state index in [1.807, 2.05) is 20.8 Å². The molecule has 5 heteroatoms. The lowest BCUT2D eigenvalue weighted by Crippen LogP contribution is -2.38. The summed E-state index contributed by atoms with van der Waals surface area (Å²) in [6.45, 7) is 6.27. The lowest BCUT2D eigenvalue weighted by molar-refractivity contribution is 0.163. The first-order valence-corrected chi connectivity index (χ1v) is 8.36. The molecule has 25 heavy (non-hydrogen) atoms. The number of aromatic hydroxyl groups is 2. The lowest BCUT2D eigenvalue weighted by Gasteiger charge is -2.23. The number of hydrogen-bond donors (Lipinski definition) is 5. The molecule has 0 bridgehead atoms. The molecule has 0 aliphatic rings. The number of benzene rings is 2. The number of β-amino-alcohol motifs (C(OH)–C–C–N with tert-alkyl or cyclic N) is 1. The Labute approximate surface area is 148 Å². The Morgan fingerprint density at radius 2 is 1.60 bits per heavy atom. The highest BCUT2D eigenvalue weighted by atomic mass is 16.3. The summed E-state index contributed by atoms with van der Waals surface area (Å²) < 4.78 is 0. The monoisotopic (exact) mass is 345 g/mol. The smallest absolute Gasteiger partial charge is 0.121 e. The lowest BCUT2D eigenvalue weighted by atomic mass is 9.98. The fourth-order valence-corrected chi connectivity index (χ4v) is 2.57. The molecule has 2 rings (SSSR count). The highest BCUT2D eigenvalue weighted by molar-refractivity contribution is 5.43. The van der Waals surface area contributed by atoms with Crippen LogP contribution in [0.15, 0.2) is 36.4 Å². The number of phenols is 2. The molecule has 136 valence electrons. The van der Waals surface area contributed by atoms with E-state index < -0.39 is 6.10 Å². The Kier molecular flexibility index (Phi) is 6.06. The van der Waals surface area contributed by atoms with Gasteiger partial charge in [-0.15, -0.1) is 0 Å². The molecule has 2 aromatic carbocycles. The fourth-order valence-electron chi connectivity index (χ4n) is 2.57. The van der Waals surface area contributed by atoms with Crippen molar-refractivity contribution in [2.75, 3.05) is 6.54 Å². The van der Waals surface area contributed by atoms with E-state index >= 15 is 0 Å². The highest BCUT2D eigenvalue weighted by Crippen LogP contribution is 2.27. The Morgan fingerprint density at radius 3 is 2.24 bits per heavy atom. The van der Waals surface area contributed by atoms with Gasteiger partial charge in [-0.2, -0.15) is 0 Å². The van der Waals surface area contributed by atoms with Crippen LogP contribution in [0.25, 0.3) is 0 Å². The summed E-state index contributed by atoms with van der Waals surface area (Å²) >= 11 is 0. The molecule has 0 radical (unpaired) electrons. The third-order valence-electron chi connectivity index (χ3n) is 4.02. The average molecular weight is 345 g/mol. The van der Waals surface area contributed by atoms with Gasteiger partial charge in [0, 0.05) is 24.1 Å². The second kappa shape index (κ2) is 7.87. The van der Waals surface area contributed by atoms with Gasteiger partial charge in [0.05, 0.1) is 12.7 Å². The van der Waals surface area contributed by atoms with E-state index in [1.165, 1.54) is 6.07 Å². The zero-order chi connectivity index (χ0) is 18.6. The molecule has 1 unspecified atom stereocenters. The van der Waals surface area contributed by atoms with Crippen molar-refractivity contribution in [1.29, 1.82) is 0 Å². The number of rotatable bonds is 6. The van der Waals surface area contributed by atoms with Crippen molar-refractivity contribution in [2.24, 2.45) is 0 Å². The van der Waals surface area contributed by atoms with Gasteiger partial charge in [-0.05, 0) is 61.7 Å². The van der Waals surface area contributed by atoms with Gasteiger partial charge in [0.2, 0.25) is 0 Å². The second-order valence-electron chi connectivity index (χ2n) is 7.33. The molecule has 0 saturated heterocycles. The van der Waals surface area contributed by atoms with E-state index in [4.69, 9.17) is 0 Å². The van der Waals surface area contributed by atoms with Crippen molar-refractivity contribution < 1.29 is 20.4 Å². The Hall–Kier alpha value is -2.08. The van der Waals surface area contributed by atoms with Gasteiger partial charge in [0.25, 0.3) is 0 Å². The van der Waals surface area contributed by atoms with E-state index in [-0.39, 0.29) is 23.6 Å². The van der Waals surface area contributed by atoms with E-state index in [0.717, 1.165) is 11.1 Å². The molecule has 0 spiro atoms. The molecule has 5 nitrogen and oxygen atoms in total. The van der Waals surface area contributed by atoms with Gasteiger partial charge < -0.3 is 25.7 Å². The predicted molar refractivity (Wildman–Crippen MR) is 97.7 cm³/mol. The van der Waals surface area contributed by atoms with Crippen LogP contribution in [0.2, 0.25) is 0 Å². The van der Waals surface area contributed by atoms with Crippen LogP contribution in [0.1, 0.15) is 49.1 Å². The zero-order valence-corrected chi connectivity index (χ0v) is 15.0. The third-order valence-corrected chi connectivity index (χ3v) is 4.02. The Balaban J connectivity index is 2.18. The number of aliphatic hydroxyl groups excluding tert-OH is 2. The van der Waals surface area contributed by atoms with Gasteiger partial charge in [-0.3, -0.25) is 0 Å². The first kappa shape index (κ1) is 19.2. The summed E-state index contributed by atoms with van der Waals surface area (Å²) in [5, 5.41) is 42.7. The molecular formula is C20H27NO4. The molecule has 0 aromatic heterocycles. The van der Waals surface area contributed by atoms with Crippen LogP contribution in [0.5, 0.6) is 11.5 Å². The first-order valence-electron chi connectivity index (χ1n) is 8.36. The summed E-state index contributed by atoms with van der Waals surface area (Å²) in [5.74, 6) is 0.200. The van der Waals surface area contributed by atoms with Crippen molar-refractivity contribution in [3.05, 3.63) is 58.7 Å². The molecule has 0 amide bonds. The molecule has 0 heterocycles. The van der Waals surface area contributed by atoms with Crippen LogP contribution in [0.3, 0.4) is 0 Å². The zero-order valence-electron chi connectivity index (χ0n) is 15.0. The largest absolute Gasteiger partial charge is 0.508 e. The van der Waals surface area contributed by atoms with Crippen LogP contribution in [0, 0.1) is 0 Å². The molecular weight excluding hydrogens is 318 g/mol. The molecule has 2 aromatic rings. The molecule has 0 fully saturated rings. The van der Waals surface area contributed by atoms with E-state index in [0.29, 0.717) is 24.1 Å². The van der Waals surface area contributed by atoms with Crippen molar-refractivity contribution in [3.8, 4) is 11.5 Å². The van der Waals surface area contributed by atoms with Crippen LogP contribution in [-0.4, -0.2) is 32.5 Å². The highest BCUT2D eigenvalue weighted by Gasteiger charge is 2.15. The van der Waals surface area contributed by atoms with Gasteiger partial charge in [-0.1, -0.05) is 12.1 Å². The quantitative estimate of drug-likeness (QED) is 0.555. The Bertz CT molecular complexity index is 722. The minimum atomic E-state index is -0.675. The van der Waals surface area contributed by atoms with Crippen molar-refractivity contribution in [1.82, 2.24) is 5.32 Å². The average Bonchev–Trinajstić information content (AvgIpc) is 2.55. The van der Waals surface area contributed by atoms with Crippen LogP contribution < -0.4 is 5.32 Å². The van der Waals surface area contributed by atoms with Crippen LogP contribution in [0.4, 0.5) is 0 Å².